The van der Waals surface area contributed by atoms with E-state index < -0.39 is 10.0 Å². The molecule has 0 spiro atoms. The third kappa shape index (κ3) is 4.11. The molecule has 1 aliphatic heterocycles. The van der Waals surface area contributed by atoms with Gasteiger partial charge in [0.15, 0.2) is 5.16 Å². The van der Waals surface area contributed by atoms with Gasteiger partial charge in [-0.25, -0.2) is 13.4 Å². The number of benzene rings is 1. The van der Waals surface area contributed by atoms with Crippen LogP contribution in [0, 0.1) is 0 Å². The van der Waals surface area contributed by atoms with Gasteiger partial charge < -0.3 is 9.47 Å². The van der Waals surface area contributed by atoms with Crippen molar-refractivity contribution in [2.45, 2.75) is 5.16 Å². The Morgan fingerprint density at radius 3 is 2.60 bits per heavy atom. The van der Waals surface area contributed by atoms with Crippen molar-refractivity contribution in [3.8, 4) is 0 Å². The Labute approximate surface area is 156 Å². The van der Waals surface area contributed by atoms with Gasteiger partial charge in [-0.15, -0.1) is 0 Å². The normalized spacial score (nSPS) is 16.5. The van der Waals surface area contributed by atoms with Crippen molar-refractivity contribution in [1.82, 2.24) is 18.8 Å². The molecular weight excluding hydrogens is 384 g/mol. The number of carbonyl (C=O) groups is 1. The molecule has 0 radical (unpaired) electrons. The van der Waals surface area contributed by atoms with Gasteiger partial charge in [-0.1, -0.05) is 23.4 Å². The standard InChI is InChI=1S/C15H19ClN4O3S2/c1-18-13-4-3-11(16)9-12(13)17-15(18)24-10-14(21)19-5-7-20(8-6-19)25(2,22)23/h3-4,9H,5-8,10H2,1-2H3. The highest BCUT2D eigenvalue weighted by Gasteiger charge is 2.26. The van der Waals surface area contributed by atoms with E-state index in [4.69, 9.17) is 11.6 Å². The van der Waals surface area contributed by atoms with Gasteiger partial charge in [-0.2, -0.15) is 4.31 Å². The summed E-state index contributed by atoms with van der Waals surface area (Å²) in [5, 5.41) is 1.38. The number of nitrogens with zero attached hydrogens (tertiary/aromatic N) is 4. The Hall–Kier alpha value is -1.29. The molecule has 25 heavy (non-hydrogen) atoms. The fourth-order valence-electron chi connectivity index (χ4n) is 2.77. The molecule has 1 aromatic carbocycles. The number of hydrogen-bond donors (Lipinski definition) is 0. The van der Waals surface area contributed by atoms with E-state index in [2.05, 4.69) is 4.98 Å². The number of halogens is 1. The average molecular weight is 403 g/mol. The maximum Gasteiger partial charge on any atom is 0.233 e. The molecule has 0 unspecified atom stereocenters. The fourth-order valence-corrected chi connectivity index (χ4v) is 4.65. The highest BCUT2D eigenvalue weighted by molar-refractivity contribution is 7.99. The van der Waals surface area contributed by atoms with Crippen LogP contribution < -0.4 is 0 Å². The molecule has 10 heteroatoms. The molecule has 0 bridgehead atoms. The number of sulfonamides is 1. The third-order valence-corrected chi connectivity index (χ3v) is 6.74. The Kier molecular flexibility index (Phi) is 5.29. The van der Waals surface area contributed by atoms with Gasteiger partial charge in [-0.3, -0.25) is 4.79 Å². The number of fused-ring (bicyclic) bond motifs is 1. The smallest absolute Gasteiger partial charge is 0.233 e. The predicted octanol–water partition coefficient (Wildman–Crippen LogP) is 1.42. The quantitative estimate of drug-likeness (QED) is 0.723. The fraction of sp³-hybridized carbons (Fsp3) is 0.467. The minimum absolute atomic E-state index is 0.0109. The maximum atomic E-state index is 12.4. The van der Waals surface area contributed by atoms with Crippen LogP contribution in [0.2, 0.25) is 5.02 Å². The monoisotopic (exact) mass is 402 g/mol. The minimum Gasteiger partial charge on any atom is -0.339 e. The molecule has 0 atom stereocenters. The van der Waals surface area contributed by atoms with Crippen molar-refractivity contribution in [3.63, 3.8) is 0 Å². The number of hydrogen-bond acceptors (Lipinski definition) is 5. The number of amides is 1. The first-order chi connectivity index (χ1) is 11.8. The lowest BCUT2D eigenvalue weighted by atomic mass is 10.3. The minimum atomic E-state index is -3.19. The molecule has 0 saturated carbocycles. The summed E-state index contributed by atoms with van der Waals surface area (Å²) < 4.78 is 26.4. The summed E-state index contributed by atoms with van der Waals surface area (Å²) in [5.41, 5.74) is 1.76. The van der Waals surface area contributed by atoms with Crippen LogP contribution in [0.5, 0.6) is 0 Å². The Morgan fingerprint density at radius 1 is 1.28 bits per heavy atom. The second-order valence-corrected chi connectivity index (χ2v) is 9.28. The number of carbonyl (C=O) groups excluding carboxylic acids is 1. The molecule has 0 N–H and O–H groups in total. The molecule has 7 nitrogen and oxygen atoms in total. The van der Waals surface area contributed by atoms with Crippen LogP contribution in [-0.4, -0.2) is 71.3 Å². The lowest BCUT2D eigenvalue weighted by Gasteiger charge is -2.33. The molecule has 0 aliphatic carbocycles. The van der Waals surface area contributed by atoms with Crippen molar-refractivity contribution >= 4 is 50.3 Å². The van der Waals surface area contributed by atoms with Gasteiger partial charge in [-0.05, 0) is 18.2 Å². The zero-order chi connectivity index (χ0) is 18.2. The number of imidazole rings is 1. The molecule has 3 rings (SSSR count). The second-order valence-electron chi connectivity index (χ2n) is 5.92. The van der Waals surface area contributed by atoms with E-state index in [1.165, 1.54) is 22.3 Å². The zero-order valence-electron chi connectivity index (χ0n) is 14.0. The van der Waals surface area contributed by atoms with Crippen molar-refractivity contribution in [2.75, 3.05) is 38.2 Å². The summed E-state index contributed by atoms with van der Waals surface area (Å²) in [6.45, 7) is 1.54. The Morgan fingerprint density at radius 2 is 1.96 bits per heavy atom. The highest BCUT2D eigenvalue weighted by atomic mass is 35.5. The summed E-state index contributed by atoms with van der Waals surface area (Å²) >= 11 is 7.36. The summed E-state index contributed by atoms with van der Waals surface area (Å²) in [6.07, 6.45) is 1.19. The first kappa shape index (κ1) is 18.5. The molecule has 1 amide bonds. The van der Waals surface area contributed by atoms with E-state index in [-0.39, 0.29) is 11.7 Å². The molecule has 2 heterocycles. The van der Waals surface area contributed by atoms with Gasteiger partial charge in [0.25, 0.3) is 0 Å². The SMILES string of the molecule is Cn1c(SCC(=O)N2CCN(S(C)(=O)=O)CC2)nc2cc(Cl)ccc21. The third-order valence-electron chi connectivity index (χ3n) is 4.19. The average Bonchev–Trinajstić information content (AvgIpc) is 2.87. The molecule has 136 valence electrons. The van der Waals surface area contributed by atoms with Gasteiger partial charge >= 0.3 is 0 Å². The predicted molar refractivity (Wildman–Crippen MR) is 99.4 cm³/mol. The number of aromatic nitrogens is 2. The van der Waals surface area contributed by atoms with Gasteiger partial charge in [0.2, 0.25) is 15.9 Å². The van der Waals surface area contributed by atoms with E-state index in [1.807, 2.05) is 23.7 Å². The lowest BCUT2D eigenvalue weighted by molar-refractivity contribution is -0.129. The van der Waals surface area contributed by atoms with Crippen LogP contribution in [-0.2, 0) is 21.9 Å². The Balaban J connectivity index is 1.61. The summed E-state index contributed by atoms with van der Waals surface area (Å²) in [4.78, 5) is 18.6. The number of rotatable bonds is 4. The number of thioether (sulfide) groups is 1. The van der Waals surface area contributed by atoms with Crippen LogP contribution in [0.25, 0.3) is 11.0 Å². The largest absolute Gasteiger partial charge is 0.339 e. The second kappa shape index (κ2) is 7.14. The molecule has 2 aromatic rings. The Bertz CT molecular complexity index is 905. The first-order valence-corrected chi connectivity index (χ1v) is 10.9. The van der Waals surface area contributed by atoms with E-state index >= 15 is 0 Å². The molecule has 1 saturated heterocycles. The number of aryl methyl sites for hydroxylation is 1. The van der Waals surface area contributed by atoms with Crippen LogP contribution in [0.15, 0.2) is 23.4 Å². The maximum absolute atomic E-state index is 12.4. The van der Waals surface area contributed by atoms with Crippen molar-refractivity contribution in [1.29, 1.82) is 0 Å². The molecular formula is C15H19ClN4O3S2. The number of piperazine rings is 1. The van der Waals surface area contributed by atoms with E-state index in [1.54, 1.807) is 11.0 Å². The summed E-state index contributed by atoms with van der Waals surface area (Å²) in [5.74, 6) is 0.257. The topological polar surface area (TPSA) is 75.5 Å². The molecule has 1 fully saturated rings. The van der Waals surface area contributed by atoms with E-state index in [9.17, 15) is 13.2 Å². The zero-order valence-corrected chi connectivity index (χ0v) is 16.4. The van der Waals surface area contributed by atoms with Gasteiger partial charge in [0.1, 0.15) is 0 Å². The van der Waals surface area contributed by atoms with E-state index in [0.29, 0.717) is 31.2 Å². The highest BCUT2D eigenvalue weighted by Crippen LogP contribution is 2.25. The van der Waals surface area contributed by atoms with E-state index in [0.717, 1.165) is 16.2 Å². The van der Waals surface area contributed by atoms with Crippen molar-refractivity contribution in [3.05, 3.63) is 23.2 Å². The first-order valence-electron chi connectivity index (χ1n) is 7.73. The van der Waals surface area contributed by atoms with Crippen LogP contribution in [0.3, 0.4) is 0 Å². The van der Waals surface area contributed by atoms with Crippen LogP contribution in [0.4, 0.5) is 0 Å². The summed E-state index contributed by atoms with van der Waals surface area (Å²) in [7, 11) is -1.28. The van der Waals surface area contributed by atoms with Crippen molar-refractivity contribution < 1.29 is 13.2 Å². The van der Waals surface area contributed by atoms with Gasteiger partial charge in [0, 0.05) is 38.2 Å². The van der Waals surface area contributed by atoms with Gasteiger partial charge in [0.05, 0.1) is 23.0 Å². The summed E-state index contributed by atoms with van der Waals surface area (Å²) in [6, 6.07) is 5.51. The van der Waals surface area contributed by atoms with Crippen LogP contribution >= 0.6 is 23.4 Å². The van der Waals surface area contributed by atoms with Crippen molar-refractivity contribution in [2.24, 2.45) is 7.05 Å². The molecule has 1 aromatic heterocycles. The van der Waals surface area contributed by atoms with Crippen LogP contribution in [0.1, 0.15) is 0 Å². The lowest BCUT2D eigenvalue weighted by Crippen LogP contribution is -2.50. The molecule has 1 aliphatic rings.